The fraction of sp³-hybridized carbons (Fsp3) is 0.913. The molecule has 0 aliphatic carbocycles. The van der Waals surface area contributed by atoms with E-state index in [2.05, 4.69) is 20.8 Å². The predicted octanol–water partition coefficient (Wildman–Crippen LogP) is 6.74. The van der Waals surface area contributed by atoms with Crippen LogP contribution in [0.2, 0.25) is 0 Å². The number of carbonyl (C=O) groups is 2. The molecule has 0 N–H and O–H groups in total. The van der Waals surface area contributed by atoms with E-state index in [1.807, 2.05) is 0 Å². The lowest BCUT2D eigenvalue weighted by Crippen LogP contribution is -2.17. The molecule has 4 heteroatoms. The Balaban J connectivity index is 3.45. The third-order valence-corrected chi connectivity index (χ3v) is 4.79. The summed E-state index contributed by atoms with van der Waals surface area (Å²) >= 11 is 0. The molecule has 0 saturated heterocycles. The molecule has 0 atom stereocenters. The third kappa shape index (κ3) is 18.1. The Labute approximate surface area is 167 Å². The van der Waals surface area contributed by atoms with Gasteiger partial charge >= 0.3 is 11.9 Å². The van der Waals surface area contributed by atoms with Crippen molar-refractivity contribution < 1.29 is 19.1 Å². The van der Waals surface area contributed by atoms with Crippen molar-refractivity contribution in [2.45, 2.75) is 130 Å². The van der Waals surface area contributed by atoms with Crippen LogP contribution in [0.4, 0.5) is 0 Å². The zero-order chi connectivity index (χ0) is 20.2. The van der Waals surface area contributed by atoms with Crippen molar-refractivity contribution in [2.75, 3.05) is 6.61 Å². The van der Waals surface area contributed by atoms with E-state index in [-0.39, 0.29) is 18.0 Å². The van der Waals surface area contributed by atoms with Crippen LogP contribution in [0.25, 0.3) is 0 Å². The lowest BCUT2D eigenvalue weighted by Gasteiger charge is -2.16. The average molecular weight is 385 g/mol. The zero-order valence-electron chi connectivity index (χ0n) is 18.2. The first-order valence-corrected chi connectivity index (χ1v) is 11.5. The fourth-order valence-electron chi connectivity index (χ4n) is 3.18. The van der Waals surface area contributed by atoms with Crippen LogP contribution >= 0.6 is 0 Å². The second kappa shape index (κ2) is 19.7. The van der Waals surface area contributed by atoms with Gasteiger partial charge in [-0.15, -0.1) is 0 Å². The molecule has 0 fully saturated rings. The molecule has 0 saturated carbocycles. The van der Waals surface area contributed by atoms with Crippen molar-refractivity contribution in [3.8, 4) is 0 Å². The summed E-state index contributed by atoms with van der Waals surface area (Å²) in [6.07, 6.45) is 16.0. The highest BCUT2D eigenvalue weighted by Gasteiger charge is 2.12. The van der Waals surface area contributed by atoms with Gasteiger partial charge in [-0.05, 0) is 32.1 Å². The Hall–Kier alpha value is -1.06. The summed E-state index contributed by atoms with van der Waals surface area (Å²) in [5, 5.41) is 0. The van der Waals surface area contributed by atoms with Crippen molar-refractivity contribution in [1.82, 2.24) is 0 Å². The molecule has 0 bridgehead atoms. The van der Waals surface area contributed by atoms with E-state index in [1.165, 1.54) is 12.8 Å². The van der Waals surface area contributed by atoms with Crippen molar-refractivity contribution in [3.05, 3.63) is 0 Å². The lowest BCUT2D eigenvalue weighted by molar-refractivity contribution is -0.150. The SMILES string of the molecule is CCCCCCOC(=O)CCCCCCCCC(=O)OC(CCC)CCC. The highest BCUT2D eigenvalue weighted by molar-refractivity contribution is 5.69. The Morgan fingerprint density at radius 1 is 0.630 bits per heavy atom. The van der Waals surface area contributed by atoms with Gasteiger partial charge in [-0.3, -0.25) is 9.59 Å². The van der Waals surface area contributed by atoms with Crippen molar-refractivity contribution in [3.63, 3.8) is 0 Å². The van der Waals surface area contributed by atoms with Gasteiger partial charge in [0.05, 0.1) is 6.61 Å². The Morgan fingerprint density at radius 2 is 1.15 bits per heavy atom. The topological polar surface area (TPSA) is 52.6 Å². The molecule has 0 aromatic carbocycles. The van der Waals surface area contributed by atoms with E-state index in [4.69, 9.17) is 9.47 Å². The summed E-state index contributed by atoms with van der Waals surface area (Å²) in [6.45, 7) is 7.01. The number of carbonyl (C=O) groups excluding carboxylic acids is 2. The number of hydrogen-bond acceptors (Lipinski definition) is 4. The molecule has 4 nitrogen and oxygen atoms in total. The highest BCUT2D eigenvalue weighted by Crippen LogP contribution is 2.13. The third-order valence-electron chi connectivity index (χ3n) is 4.79. The van der Waals surface area contributed by atoms with Crippen LogP contribution in [-0.2, 0) is 19.1 Å². The highest BCUT2D eigenvalue weighted by atomic mass is 16.5. The molecule has 0 heterocycles. The smallest absolute Gasteiger partial charge is 0.306 e. The monoisotopic (exact) mass is 384 g/mol. The first-order valence-electron chi connectivity index (χ1n) is 11.5. The minimum atomic E-state index is -0.0528. The van der Waals surface area contributed by atoms with Gasteiger partial charge in [0.2, 0.25) is 0 Å². The molecule has 0 unspecified atom stereocenters. The second-order valence-electron chi connectivity index (χ2n) is 7.59. The molecule has 0 spiro atoms. The molecule has 0 aliphatic heterocycles. The van der Waals surface area contributed by atoms with Gasteiger partial charge in [-0.2, -0.15) is 0 Å². The van der Waals surface area contributed by atoms with E-state index in [0.29, 0.717) is 19.4 Å². The molecule has 0 aromatic rings. The number of unbranched alkanes of at least 4 members (excludes halogenated alkanes) is 8. The van der Waals surface area contributed by atoms with Crippen molar-refractivity contribution >= 4 is 11.9 Å². The standard InChI is InChI=1S/C23H44O4/c1-4-7-8-15-20-26-22(24)18-13-11-9-10-12-14-19-23(25)27-21(16-5-2)17-6-3/h21H,4-20H2,1-3H3. The predicted molar refractivity (Wildman–Crippen MR) is 112 cm³/mol. The van der Waals surface area contributed by atoms with E-state index >= 15 is 0 Å². The summed E-state index contributed by atoms with van der Waals surface area (Å²) in [7, 11) is 0. The van der Waals surface area contributed by atoms with E-state index in [1.54, 1.807) is 0 Å². The van der Waals surface area contributed by atoms with E-state index in [9.17, 15) is 9.59 Å². The van der Waals surface area contributed by atoms with Crippen molar-refractivity contribution in [2.24, 2.45) is 0 Å². The van der Waals surface area contributed by atoms with Gasteiger partial charge in [0, 0.05) is 12.8 Å². The summed E-state index contributed by atoms with van der Waals surface area (Å²) in [5.41, 5.74) is 0. The molecule has 27 heavy (non-hydrogen) atoms. The molecule has 0 aliphatic rings. The summed E-state index contributed by atoms with van der Waals surface area (Å²) in [4.78, 5) is 23.5. The van der Waals surface area contributed by atoms with Crippen LogP contribution in [0, 0.1) is 0 Å². The molecule has 0 rings (SSSR count). The molecule has 160 valence electrons. The van der Waals surface area contributed by atoms with Crippen LogP contribution in [0.5, 0.6) is 0 Å². The van der Waals surface area contributed by atoms with Gasteiger partial charge in [0.15, 0.2) is 0 Å². The van der Waals surface area contributed by atoms with Crippen LogP contribution in [0.15, 0.2) is 0 Å². The average Bonchev–Trinajstić information content (AvgIpc) is 2.64. The molecule has 0 aromatic heterocycles. The van der Waals surface area contributed by atoms with Crippen LogP contribution in [-0.4, -0.2) is 24.6 Å². The largest absolute Gasteiger partial charge is 0.466 e. The maximum Gasteiger partial charge on any atom is 0.306 e. The van der Waals surface area contributed by atoms with E-state index in [0.717, 1.165) is 77.0 Å². The minimum absolute atomic E-state index is 0.0383. The molecule has 0 radical (unpaired) electrons. The normalized spacial score (nSPS) is 11.0. The number of ether oxygens (including phenoxy) is 2. The van der Waals surface area contributed by atoms with Gasteiger partial charge in [-0.1, -0.05) is 78.6 Å². The van der Waals surface area contributed by atoms with Gasteiger partial charge < -0.3 is 9.47 Å². The zero-order valence-corrected chi connectivity index (χ0v) is 18.2. The van der Waals surface area contributed by atoms with Crippen LogP contribution in [0.1, 0.15) is 124 Å². The summed E-state index contributed by atoms with van der Waals surface area (Å²) in [6, 6.07) is 0. The number of esters is 2. The molecular formula is C23H44O4. The summed E-state index contributed by atoms with van der Waals surface area (Å²) < 4.78 is 10.8. The lowest BCUT2D eigenvalue weighted by atomic mass is 10.1. The fourth-order valence-corrected chi connectivity index (χ4v) is 3.18. The van der Waals surface area contributed by atoms with Gasteiger partial charge in [0.1, 0.15) is 6.10 Å². The van der Waals surface area contributed by atoms with Crippen LogP contribution in [0.3, 0.4) is 0 Å². The second-order valence-corrected chi connectivity index (χ2v) is 7.59. The first-order chi connectivity index (χ1) is 13.1. The quantitative estimate of drug-likeness (QED) is 0.183. The molecule has 0 amide bonds. The van der Waals surface area contributed by atoms with Gasteiger partial charge in [0.25, 0.3) is 0 Å². The number of rotatable bonds is 19. The summed E-state index contributed by atoms with van der Waals surface area (Å²) in [5.74, 6) is -0.0912. The Bertz CT molecular complexity index is 348. The van der Waals surface area contributed by atoms with E-state index < -0.39 is 0 Å². The Kier molecular flexibility index (Phi) is 18.9. The maximum atomic E-state index is 11.9. The van der Waals surface area contributed by atoms with Crippen molar-refractivity contribution in [1.29, 1.82) is 0 Å². The maximum absolute atomic E-state index is 11.9. The first kappa shape index (κ1) is 25.9. The van der Waals surface area contributed by atoms with Gasteiger partial charge in [-0.25, -0.2) is 0 Å². The Morgan fingerprint density at radius 3 is 1.70 bits per heavy atom. The molecular weight excluding hydrogens is 340 g/mol. The minimum Gasteiger partial charge on any atom is -0.466 e. The number of hydrogen-bond donors (Lipinski definition) is 0. The van der Waals surface area contributed by atoms with Crippen LogP contribution < -0.4 is 0 Å².